The average molecular weight is 259 g/mol. The first-order chi connectivity index (χ1) is 9.09. The minimum absolute atomic E-state index is 0.461. The summed E-state index contributed by atoms with van der Waals surface area (Å²) < 4.78 is 5.41. The van der Waals surface area contributed by atoms with Crippen LogP contribution < -0.4 is 0 Å². The van der Waals surface area contributed by atoms with Gasteiger partial charge in [-0.2, -0.15) is 0 Å². The van der Waals surface area contributed by atoms with Gasteiger partial charge < -0.3 is 9.64 Å². The fourth-order valence-electron chi connectivity index (χ4n) is 2.74. The van der Waals surface area contributed by atoms with Gasteiger partial charge in [0, 0.05) is 24.7 Å². The highest BCUT2D eigenvalue weighted by molar-refractivity contribution is 5.37. The molecule has 1 aromatic carbocycles. The Hall–Kier alpha value is -1.28. The Morgan fingerprint density at radius 3 is 2.63 bits per heavy atom. The molecule has 0 aromatic heterocycles. The molecule has 0 spiro atoms. The Morgan fingerprint density at radius 1 is 1.26 bits per heavy atom. The number of hydrogen-bond donors (Lipinski definition) is 0. The smallest absolute Gasteiger partial charge is 0.0642 e. The van der Waals surface area contributed by atoms with Crippen molar-refractivity contribution in [3.05, 3.63) is 46.7 Å². The molecule has 1 aromatic rings. The van der Waals surface area contributed by atoms with E-state index >= 15 is 0 Å². The van der Waals surface area contributed by atoms with Gasteiger partial charge in [0.1, 0.15) is 0 Å². The Balaban J connectivity index is 2.14. The second kappa shape index (κ2) is 6.25. The summed E-state index contributed by atoms with van der Waals surface area (Å²) in [5.74, 6) is 0.461. The molecular weight excluding hydrogens is 234 g/mol. The van der Waals surface area contributed by atoms with Crippen molar-refractivity contribution in [1.29, 1.82) is 0 Å². The van der Waals surface area contributed by atoms with E-state index in [0.717, 1.165) is 26.3 Å². The molecule has 0 saturated carbocycles. The normalized spacial score (nSPS) is 18.5. The van der Waals surface area contributed by atoms with Gasteiger partial charge >= 0.3 is 0 Å². The Bertz CT molecular complexity index is 458. The Morgan fingerprint density at radius 2 is 1.95 bits per heavy atom. The van der Waals surface area contributed by atoms with E-state index in [2.05, 4.69) is 56.9 Å². The molecule has 1 unspecified atom stereocenters. The lowest BCUT2D eigenvalue weighted by Gasteiger charge is -2.30. The molecule has 19 heavy (non-hydrogen) atoms. The summed E-state index contributed by atoms with van der Waals surface area (Å²) in [6.07, 6.45) is 2.38. The molecule has 2 nitrogen and oxygen atoms in total. The first-order valence-corrected chi connectivity index (χ1v) is 7.17. The molecule has 104 valence electrons. The quantitative estimate of drug-likeness (QED) is 0.821. The van der Waals surface area contributed by atoms with E-state index in [1.807, 2.05) is 0 Å². The summed E-state index contributed by atoms with van der Waals surface area (Å²) in [7, 11) is 0. The Kier molecular flexibility index (Phi) is 4.65. The predicted octanol–water partition coefficient (Wildman–Crippen LogP) is 3.64. The third-order valence-corrected chi connectivity index (χ3v) is 4.14. The SMILES string of the molecule is C/C(=C/C(C)c1cccc(C)c1C)N1CCOCC1. The summed E-state index contributed by atoms with van der Waals surface area (Å²) in [5, 5.41) is 0. The van der Waals surface area contributed by atoms with Crippen LogP contribution in [0.5, 0.6) is 0 Å². The standard InChI is InChI=1S/C17H25NO/c1-13-6-5-7-17(16(13)4)14(2)12-15(3)18-8-10-19-11-9-18/h5-7,12,14H,8-11H2,1-4H3/b15-12-. The third kappa shape index (κ3) is 3.38. The van der Waals surface area contributed by atoms with E-state index in [1.54, 1.807) is 0 Å². The number of hydrogen-bond acceptors (Lipinski definition) is 2. The van der Waals surface area contributed by atoms with Gasteiger partial charge in [-0.25, -0.2) is 0 Å². The van der Waals surface area contributed by atoms with Crippen LogP contribution in [0.15, 0.2) is 30.0 Å². The van der Waals surface area contributed by atoms with Crippen LogP contribution in [0, 0.1) is 13.8 Å². The summed E-state index contributed by atoms with van der Waals surface area (Å²) >= 11 is 0. The van der Waals surface area contributed by atoms with Gasteiger partial charge in [0.15, 0.2) is 0 Å². The van der Waals surface area contributed by atoms with E-state index in [9.17, 15) is 0 Å². The second-order valence-corrected chi connectivity index (χ2v) is 5.49. The van der Waals surface area contributed by atoms with Crippen LogP contribution in [0.1, 0.15) is 36.5 Å². The van der Waals surface area contributed by atoms with Crippen LogP contribution in [-0.4, -0.2) is 31.2 Å². The van der Waals surface area contributed by atoms with Crippen molar-refractivity contribution in [2.45, 2.75) is 33.6 Å². The largest absolute Gasteiger partial charge is 0.378 e. The molecule has 0 amide bonds. The molecule has 1 heterocycles. The number of morpholine rings is 1. The third-order valence-electron chi connectivity index (χ3n) is 4.14. The topological polar surface area (TPSA) is 12.5 Å². The molecule has 1 aliphatic heterocycles. The number of aryl methyl sites for hydroxylation is 1. The van der Waals surface area contributed by atoms with E-state index in [-0.39, 0.29) is 0 Å². The van der Waals surface area contributed by atoms with Crippen LogP contribution in [0.25, 0.3) is 0 Å². The highest BCUT2D eigenvalue weighted by Gasteiger charge is 2.13. The zero-order valence-electron chi connectivity index (χ0n) is 12.6. The summed E-state index contributed by atoms with van der Waals surface area (Å²) in [6.45, 7) is 12.6. The second-order valence-electron chi connectivity index (χ2n) is 5.49. The van der Waals surface area contributed by atoms with Gasteiger partial charge in [-0.15, -0.1) is 0 Å². The number of ether oxygens (including phenoxy) is 1. The molecule has 1 atom stereocenters. The molecular formula is C17H25NO. The van der Waals surface area contributed by atoms with Gasteiger partial charge in [-0.1, -0.05) is 31.2 Å². The molecule has 0 bridgehead atoms. The summed E-state index contributed by atoms with van der Waals surface area (Å²) in [6, 6.07) is 6.59. The summed E-state index contributed by atoms with van der Waals surface area (Å²) in [5.41, 5.74) is 5.60. The number of allylic oxidation sites excluding steroid dienone is 2. The van der Waals surface area contributed by atoms with E-state index in [0.29, 0.717) is 5.92 Å². The van der Waals surface area contributed by atoms with Crippen molar-refractivity contribution in [3.8, 4) is 0 Å². The maximum absolute atomic E-state index is 5.41. The van der Waals surface area contributed by atoms with Crippen molar-refractivity contribution < 1.29 is 4.74 Å². The first kappa shape index (κ1) is 14.1. The number of benzene rings is 1. The lowest BCUT2D eigenvalue weighted by Crippen LogP contribution is -2.34. The molecule has 1 fully saturated rings. The molecule has 1 aliphatic rings. The minimum atomic E-state index is 0.461. The number of rotatable bonds is 3. The highest BCUT2D eigenvalue weighted by Crippen LogP contribution is 2.24. The Labute approximate surface area is 117 Å². The molecule has 0 aliphatic carbocycles. The molecule has 2 rings (SSSR count). The molecule has 1 saturated heterocycles. The fourth-order valence-corrected chi connectivity index (χ4v) is 2.74. The van der Waals surface area contributed by atoms with Gasteiger partial charge in [-0.3, -0.25) is 0 Å². The average Bonchev–Trinajstić information content (AvgIpc) is 2.42. The number of nitrogens with zero attached hydrogens (tertiary/aromatic N) is 1. The maximum atomic E-state index is 5.41. The molecule has 2 heteroatoms. The molecule has 0 radical (unpaired) electrons. The van der Waals surface area contributed by atoms with Crippen LogP contribution in [0.4, 0.5) is 0 Å². The van der Waals surface area contributed by atoms with Gasteiger partial charge in [0.2, 0.25) is 0 Å². The highest BCUT2D eigenvalue weighted by atomic mass is 16.5. The maximum Gasteiger partial charge on any atom is 0.0642 e. The van der Waals surface area contributed by atoms with Crippen molar-refractivity contribution in [2.24, 2.45) is 0 Å². The van der Waals surface area contributed by atoms with Crippen molar-refractivity contribution in [1.82, 2.24) is 4.90 Å². The monoisotopic (exact) mass is 259 g/mol. The van der Waals surface area contributed by atoms with Crippen LogP contribution in [0.3, 0.4) is 0 Å². The van der Waals surface area contributed by atoms with E-state index in [4.69, 9.17) is 4.74 Å². The first-order valence-electron chi connectivity index (χ1n) is 7.17. The van der Waals surface area contributed by atoms with Crippen LogP contribution in [0.2, 0.25) is 0 Å². The van der Waals surface area contributed by atoms with Gasteiger partial charge in [-0.05, 0) is 37.5 Å². The van der Waals surface area contributed by atoms with Crippen molar-refractivity contribution in [2.75, 3.05) is 26.3 Å². The van der Waals surface area contributed by atoms with Crippen molar-refractivity contribution >= 4 is 0 Å². The lowest BCUT2D eigenvalue weighted by molar-refractivity contribution is 0.0535. The van der Waals surface area contributed by atoms with E-state index < -0.39 is 0 Å². The van der Waals surface area contributed by atoms with Crippen LogP contribution >= 0.6 is 0 Å². The van der Waals surface area contributed by atoms with E-state index in [1.165, 1.54) is 22.4 Å². The van der Waals surface area contributed by atoms with Crippen molar-refractivity contribution in [3.63, 3.8) is 0 Å². The summed E-state index contributed by atoms with van der Waals surface area (Å²) in [4.78, 5) is 2.42. The predicted molar refractivity (Wildman–Crippen MR) is 80.5 cm³/mol. The lowest BCUT2D eigenvalue weighted by atomic mass is 9.93. The van der Waals surface area contributed by atoms with Gasteiger partial charge in [0.05, 0.1) is 13.2 Å². The van der Waals surface area contributed by atoms with Crippen LogP contribution in [-0.2, 0) is 4.74 Å². The minimum Gasteiger partial charge on any atom is -0.378 e. The van der Waals surface area contributed by atoms with Gasteiger partial charge in [0.25, 0.3) is 0 Å². The zero-order chi connectivity index (χ0) is 13.8. The molecule has 0 N–H and O–H groups in total. The fraction of sp³-hybridized carbons (Fsp3) is 0.529. The zero-order valence-corrected chi connectivity index (χ0v) is 12.6.